The van der Waals surface area contributed by atoms with Crippen LogP contribution >= 0.6 is 22.6 Å². The highest BCUT2D eigenvalue weighted by atomic mass is 127. The summed E-state index contributed by atoms with van der Waals surface area (Å²) in [6.45, 7) is 2.25. The van der Waals surface area contributed by atoms with Crippen LogP contribution in [0.2, 0.25) is 0 Å². The molecule has 1 aromatic heterocycles. The number of halogens is 1. The Balaban J connectivity index is 2.28. The van der Waals surface area contributed by atoms with Gasteiger partial charge in [0.05, 0.1) is 0 Å². The van der Waals surface area contributed by atoms with Gasteiger partial charge < -0.3 is 9.67 Å². The minimum atomic E-state index is -0.818. The highest BCUT2D eigenvalue weighted by Crippen LogP contribution is 2.33. The first-order valence-corrected chi connectivity index (χ1v) is 6.76. The molecule has 0 aliphatic heterocycles. The van der Waals surface area contributed by atoms with Gasteiger partial charge in [-0.05, 0) is 47.4 Å². The number of rotatable bonds is 2. The molecule has 1 heterocycles. The van der Waals surface area contributed by atoms with E-state index in [4.69, 9.17) is 5.11 Å². The van der Waals surface area contributed by atoms with Gasteiger partial charge in [0.25, 0.3) is 0 Å². The molecule has 16 heavy (non-hydrogen) atoms. The molecule has 2 unspecified atom stereocenters. The molecule has 1 N–H and O–H groups in total. The average molecular weight is 333 g/mol. The molecule has 0 bridgehead atoms. The number of hydrogen-bond donors (Lipinski definition) is 1. The van der Waals surface area contributed by atoms with E-state index in [-0.39, 0.29) is 0 Å². The number of hydrogen-bond acceptors (Lipinski definition) is 1. The maximum absolute atomic E-state index is 11.1. The molecule has 0 aromatic carbocycles. The van der Waals surface area contributed by atoms with Gasteiger partial charge >= 0.3 is 5.97 Å². The molecule has 1 saturated carbocycles. The zero-order chi connectivity index (χ0) is 11.7. The van der Waals surface area contributed by atoms with Crippen molar-refractivity contribution in [2.24, 2.45) is 5.92 Å². The molecular formula is C12H16INO2. The van der Waals surface area contributed by atoms with Crippen LogP contribution in [0, 0.1) is 9.49 Å². The molecule has 0 saturated heterocycles. The molecule has 0 amide bonds. The smallest absolute Gasteiger partial charge is 0.352 e. The lowest BCUT2D eigenvalue weighted by Crippen LogP contribution is -2.20. The fourth-order valence-electron chi connectivity index (χ4n) is 2.57. The van der Waals surface area contributed by atoms with Crippen molar-refractivity contribution >= 4 is 28.6 Å². The van der Waals surface area contributed by atoms with Crippen molar-refractivity contribution in [2.75, 3.05) is 0 Å². The van der Waals surface area contributed by atoms with Gasteiger partial charge in [0.15, 0.2) is 0 Å². The molecule has 1 aromatic rings. The molecule has 2 atom stereocenters. The van der Waals surface area contributed by atoms with E-state index in [1.807, 2.05) is 10.8 Å². The minimum absolute atomic E-state index is 0.373. The second-order valence-electron chi connectivity index (χ2n) is 4.68. The predicted molar refractivity (Wildman–Crippen MR) is 70.8 cm³/mol. The van der Waals surface area contributed by atoms with Crippen LogP contribution in [0.4, 0.5) is 0 Å². The SMILES string of the molecule is CC1CCCC(n2cc(I)cc2C(=O)O)C1. The van der Waals surface area contributed by atoms with Crippen LogP contribution in [0.5, 0.6) is 0 Å². The Kier molecular flexibility index (Phi) is 3.56. The van der Waals surface area contributed by atoms with Crippen molar-refractivity contribution in [1.29, 1.82) is 0 Å². The Morgan fingerprint density at radius 3 is 2.94 bits per heavy atom. The van der Waals surface area contributed by atoms with E-state index in [1.54, 1.807) is 6.07 Å². The van der Waals surface area contributed by atoms with Gasteiger partial charge in [0, 0.05) is 15.8 Å². The molecule has 1 aliphatic carbocycles. The number of carbonyl (C=O) groups is 1. The summed E-state index contributed by atoms with van der Waals surface area (Å²) in [5.41, 5.74) is 0.434. The van der Waals surface area contributed by atoms with E-state index in [9.17, 15) is 4.79 Å². The van der Waals surface area contributed by atoms with Crippen molar-refractivity contribution in [1.82, 2.24) is 4.57 Å². The summed E-state index contributed by atoms with van der Waals surface area (Å²) in [6, 6.07) is 2.13. The van der Waals surface area contributed by atoms with Gasteiger partial charge in [-0.15, -0.1) is 0 Å². The minimum Gasteiger partial charge on any atom is -0.477 e. The molecule has 1 aliphatic rings. The molecule has 4 heteroatoms. The summed E-state index contributed by atoms with van der Waals surface area (Å²) in [4.78, 5) is 11.1. The van der Waals surface area contributed by atoms with Crippen LogP contribution in [0.1, 0.15) is 49.1 Å². The Labute approximate surface area is 109 Å². The first-order chi connectivity index (χ1) is 7.58. The summed E-state index contributed by atoms with van der Waals surface area (Å²) >= 11 is 2.18. The van der Waals surface area contributed by atoms with E-state index >= 15 is 0 Å². The van der Waals surface area contributed by atoms with Gasteiger partial charge in [-0.2, -0.15) is 0 Å². The number of aromatic carboxylic acids is 1. The van der Waals surface area contributed by atoms with Crippen LogP contribution in [0.25, 0.3) is 0 Å². The molecule has 0 spiro atoms. The zero-order valence-electron chi connectivity index (χ0n) is 9.32. The van der Waals surface area contributed by atoms with E-state index in [0.717, 1.165) is 16.4 Å². The second kappa shape index (κ2) is 4.77. The number of aromatic nitrogens is 1. The summed E-state index contributed by atoms with van der Waals surface area (Å²) in [5, 5.41) is 9.15. The standard InChI is InChI=1S/C12H16INO2/c1-8-3-2-4-10(5-8)14-7-9(13)6-11(14)12(15)16/h6-8,10H,2-5H2,1H3,(H,15,16). The fraction of sp³-hybridized carbons (Fsp3) is 0.583. The van der Waals surface area contributed by atoms with Gasteiger partial charge in [-0.25, -0.2) is 4.79 Å². The molecule has 88 valence electrons. The molecular weight excluding hydrogens is 317 g/mol. The number of nitrogens with zero attached hydrogens (tertiary/aromatic N) is 1. The van der Waals surface area contributed by atoms with Crippen LogP contribution in [0.3, 0.4) is 0 Å². The van der Waals surface area contributed by atoms with Crippen molar-refractivity contribution in [3.8, 4) is 0 Å². The highest BCUT2D eigenvalue weighted by molar-refractivity contribution is 14.1. The Morgan fingerprint density at radius 2 is 2.31 bits per heavy atom. The highest BCUT2D eigenvalue weighted by Gasteiger charge is 2.24. The summed E-state index contributed by atoms with van der Waals surface area (Å²) in [5.74, 6) is -0.110. The van der Waals surface area contributed by atoms with Crippen molar-refractivity contribution in [3.05, 3.63) is 21.5 Å². The predicted octanol–water partition coefficient (Wildman–Crippen LogP) is 3.54. The number of carboxylic acids is 1. The van der Waals surface area contributed by atoms with Crippen molar-refractivity contribution < 1.29 is 9.90 Å². The Morgan fingerprint density at radius 1 is 1.56 bits per heavy atom. The lowest BCUT2D eigenvalue weighted by Gasteiger charge is -2.28. The van der Waals surface area contributed by atoms with Gasteiger partial charge in [-0.3, -0.25) is 0 Å². The first kappa shape index (κ1) is 12.0. The fourth-order valence-corrected chi connectivity index (χ4v) is 3.17. The topological polar surface area (TPSA) is 42.2 Å². The summed E-state index contributed by atoms with van der Waals surface area (Å²) < 4.78 is 2.97. The molecule has 3 nitrogen and oxygen atoms in total. The third-order valence-corrected chi connectivity index (χ3v) is 3.93. The first-order valence-electron chi connectivity index (χ1n) is 5.68. The maximum Gasteiger partial charge on any atom is 0.352 e. The van der Waals surface area contributed by atoms with Gasteiger partial charge in [0.1, 0.15) is 5.69 Å². The van der Waals surface area contributed by atoms with Crippen molar-refractivity contribution in [3.63, 3.8) is 0 Å². The second-order valence-corrected chi connectivity index (χ2v) is 5.93. The van der Waals surface area contributed by atoms with Crippen molar-refractivity contribution in [2.45, 2.75) is 38.6 Å². The molecule has 1 fully saturated rings. The van der Waals surface area contributed by atoms with Crippen LogP contribution < -0.4 is 0 Å². The average Bonchev–Trinajstić information content (AvgIpc) is 2.60. The Hall–Kier alpha value is -0.520. The quantitative estimate of drug-likeness (QED) is 0.841. The van der Waals surface area contributed by atoms with E-state index in [2.05, 4.69) is 29.5 Å². The molecule has 0 radical (unpaired) electrons. The Bertz CT molecular complexity index is 400. The van der Waals surface area contributed by atoms with E-state index in [0.29, 0.717) is 17.7 Å². The third-order valence-electron chi connectivity index (χ3n) is 3.34. The van der Waals surface area contributed by atoms with Gasteiger partial charge in [0.2, 0.25) is 0 Å². The van der Waals surface area contributed by atoms with E-state index < -0.39 is 5.97 Å². The zero-order valence-corrected chi connectivity index (χ0v) is 11.5. The summed E-state index contributed by atoms with van der Waals surface area (Å²) in [7, 11) is 0. The van der Waals surface area contributed by atoms with Gasteiger partial charge in [-0.1, -0.05) is 19.8 Å². The van der Waals surface area contributed by atoms with Crippen LogP contribution in [-0.2, 0) is 0 Å². The maximum atomic E-state index is 11.1. The normalized spacial score (nSPS) is 25.6. The monoisotopic (exact) mass is 333 g/mol. The van der Waals surface area contributed by atoms with Crippen LogP contribution in [-0.4, -0.2) is 15.6 Å². The lowest BCUT2D eigenvalue weighted by atomic mass is 9.87. The summed E-state index contributed by atoms with van der Waals surface area (Å²) in [6.07, 6.45) is 6.66. The third kappa shape index (κ3) is 2.42. The number of carboxylic acid groups (broad SMARTS) is 1. The largest absolute Gasteiger partial charge is 0.477 e. The van der Waals surface area contributed by atoms with E-state index in [1.165, 1.54) is 12.8 Å². The van der Waals surface area contributed by atoms with Crippen LogP contribution in [0.15, 0.2) is 12.3 Å². The molecule has 2 rings (SSSR count). The lowest BCUT2D eigenvalue weighted by molar-refractivity contribution is 0.0679.